The molecule has 0 aliphatic rings. The first-order valence-electron chi connectivity index (χ1n) is 12.2. The minimum atomic E-state index is 0.480. The average molecular weight is 457 g/mol. The van der Waals surface area contributed by atoms with Crippen LogP contribution in [0.4, 0.5) is 0 Å². The maximum Gasteiger partial charge on any atom is 0.248 e. The van der Waals surface area contributed by atoms with Crippen molar-refractivity contribution >= 4 is 0 Å². The molecule has 0 spiro atoms. The molecule has 0 saturated heterocycles. The molecule has 0 aliphatic carbocycles. The number of rotatable bonds is 13. The molecule has 0 radical (unpaired) electrons. The first-order valence-corrected chi connectivity index (χ1v) is 12.2. The molecule has 0 fully saturated rings. The smallest absolute Gasteiger partial charge is 0.248 e. The Bertz CT molecular complexity index is 1110. The maximum atomic E-state index is 5.91. The van der Waals surface area contributed by atoms with Crippen LogP contribution in [0.5, 0.6) is 11.5 Å². The third-order valence-corrected chi connectivity index (χ3v) is 5.64. The Morgan fingerprint density at radius 1 is 0.618 bits per heavy atom. The summed E-state index contributed by atoms with van der Waals surface area (Å²) in [6, 6.07) is 25.6. The highest BCUT2D eigenvalue weighted by Crippen LogP contribution is 2.27. The predicted octanol–water partition coefficient (Wildman–Crippen LogP) is 7.72. The summed E-state index contributed by atoms with van der Waals surface area (Å²) >= 11 is 0. The molecular weight excluding hydrogens is 424 g/mol. The maximum absolute atomic E-state index is 5.91. The second-order valence-corrected chi connectivity index (χ2v) is 8.35. The largest absolute Gasteiger partial charge is 0.494 e. The van der Waals surface area contributed by atoms with Gasteiger partial charge >= 0.3 is 0 Å². The van der Waals surface area contributed by atoms with E-state index in [0.717, 1.165) is 41.2 Å². The summed E-state index contributed by atoms with van der Waals surface area (Å²) in [5.41, 5.74) is 2.85. The minimum absolute atomic E-state index is 0.480. The van der Waals surface area contributed by atoms with Gasteiger partial charge in [-0.25, -0.2) is 0 Å². The second-order valence-electron chi connectivity index (χ2n) is 8.35. The molecule has 1 aromatic heterocycles. The van der Waals surface area contributed by atoms with E-state index in [9.17, 15) is 0 Å². The second kappa shape index (κ2) is 12.6. The van der Waals surface area contributed by atoms with Crippen molar-refractivity contribution in [2.75, 3.05) is 6.61 Å². The first-order chi connectivity index (χ1) is 16.8. The van der Waals surface area contributed by atoms with Crippen LogP contribution in [-0.2, 0) is 6.61 Å². The van der Waals surface area contributed by atoms with Gasteiger partial charge in [-0.1, -0.05) is 69.4 Å². The molecule has 5 heteroatoms. The summed E-state index contributed by atoms with van der Waals surface area (Å²) in [4.78, 5) is 0. The molecule has 0 N–H and O–H groups in total. The summed E-state index contributed by atoms with van der Waals surface area (Å²) in [6.45, 7) is 3.52. The van der Waals surface area contributed by atoms with Gasteiger partial charge in [0, 0.05) is 11.1 Å². The minimum Gasteiger partial charge on any atom is -0.494 e. The molecule has 0 saturated carbocycles. The highest BCUT2D eigenvalue weighted by Gasteiger charge is 2.11. The Balaban J connectivity index is 1.27. The average Bonchev–Trinajstić information content (AvgIpc) is 3.39. The van der Waals surface area contributed by atoms with Crippen molar-refractivity contribution in [2.24, 2.45) is 0 Å². The van der Waals surface area contributed by atoms with Gasteiger partial charge in [-0.3, -0.25) is 0 Å². The lowest BCUT2D eigenvalue weighted by molar-refractivity contribution is 0.304. The number of hydrogen-bond donors (Lipinski definition) is 0. The standard InChI is InChI=1S/C29H32N2O3/c1-2-3-4-5-6-10-21-32-26-17-13-24(14-18-26)28-30-31-29(34-28)25-15-19-27(20-16-25)33-22-23-11-8-7-9-12-23/h7-9,11-20H,2-6,10,21-22H2,1H3. The molecule has 0 unspecified atom stereocenters. The number of aromatic nitrogens is 2. The Hall–Kier alpha value is -3.60. The highest BCUT2D eigenvalue weighted by molar-refractivity contribution is 5.59. The SMILES string of the molecule is CCCCCCCCOc1ccc(-c2nnc(-c3ccc(OCc4ccccc4)cc3)o2)cc1. The fourth-order valence-corrected chi connectivity index (χ4v) is 3.66. The molecular formula is C29H32N2O3. The van der Waals surface area contributed by atoms with Crippen LogP contribution in [0.1, 0.15) is 51.0 Å². The number of unbranched alkanes of at least 4 members (excludes halogenated alkanes) is 5. The fraction of sp³-hybridized carbons (Fsp3) is 0.310. The third-order valence-electron chi connectivity index (χ3n) is 5.64. The van der Waals surface area contributed by atoms with Gasteiger partial charge < -0.3 is 13.9 Å². The Morgan fingerprint density at radius 3 is 1.79 bits per heavy atom. The molecule has 4 rings (SSSR count). The number of benzene rings is 3. The van der Waals surface area contributed by atoms with Gasteiger partial charge in [0.15, 0.2) is 0 Å². The summed E-state index contributed by atoms with van der Waals surface area (Å²) in [5, 5.41) is 8.42. The summed E-state index contributed by atoms with van der Waals surface area (Å²) in [7, 11) is 0. The summed E-state index contributed by atoms with van der Waals surface area (Å²) < 4.78 is 17.6. The summed E-state index contributed by atoms with van der Waals surface area (Å²) in [5.74, 6) is 2.63. The van der Waals surface area contributed by atoms with Crippen molar-refractivity contribution in [1.82, 2.24) is 10.2 Å². The molecule has 0 bridgehead atoms. The van der Waals surface area contributed by atoms with E-state index in [1.54, 1.807) is 0 Å². The van der Waals surface area contributed by atoms with Crippen LogP contribution in [0.2, 0.25) is 0 Å². The van der Waals surface area contributed by atoms with Gasteiger partial charge in [0.05, 0.1) is 6.61 Å². The zero-order chi connectivity index (χ0) is 23.4. The van der Waals surface area contributed by atoms with Crippen LogP contribution in [0.25, 0.3) is 22.9 Å². The lowest BCUT2D eigenvalue weighted by Gasteiger charge is -2.06. The van der Waals surface area contributed by atoms with E-state index in [1.165, 1.54) is 32.1 Å². The molecule has 1 heterocycles. The lowest BCUT2D eigenvalue weighted by Crippen LogP contribution is -1.97. The van der Waals surface area contributed by atoms with Crippen LogP contribution in [0.15, 0.2) is 83.3 Å². The van der Waals surface area contributed by atoms with Crippen LogP contribution >= 0.6 is 0 Å². The molecule has 0 atom stereocenters. The first kappa shape index (κ1) is 23.6. The van der Waals surface area contributed by atoms with Crippen LogP contribution in [0.3, 0.4) is 0 Å². The van der Waals surface area contributed by atoms with Crippen molar-refractivity contribution in [1.29, 1.82) is 0 Å². The molecule has 4 aromatic rings. The Kier molecular flexibility index (Phi) is 8.72. The van der Waals surface area contributed by atoms with Crippen molar-refractivity contribution in [2.45, 2.75) is 52.1 Å². The van der Waals surface area contributed by atoms with Gasteiger partial charge in [-0.05, 0) is 60.5 Å². The topological polar surface area (TPSA) is 57.4 Å². The molecule has 0 amide bonds. The van der Waals surface area contributed by atoms with Crippen molar-refractivity contribution in [3.63, 3.8) is 0 Å². The number of hydrogen-bond acceptors (Lipinski definition) is 5. The quantitative estimate of drug-likeness (QED) is 0.193. The van der Waals surface area contributed by atoms with Crippen LogP contribution in [0, 0.1) is 0 Å². The van der Waals surface area contributed by atoms with Gasteiger partial charge in [-0.15, -0.1) is 10.2 Å². The normalized spacial score (nSPS) is 10.9. The van der Waals surface area contributed by atoms with Crippen LogP contribution in [-0.4, -0.2) is 16.8 Å². The molecule has 176 valence electrons. The predicted molar refractivity (Wildman–Crippen MR) is 135 cm³/mol. The number of ether oxygens (including phenoxy) is 2. The molecule has 34 heavy (non-hydrogen) atoms. The monoisotopic (exact) mass is 456 g/mol. The van der Waals surface area contributed by atoms with E-state index >= 15 is 0 Å². The van der Waals surface area contributed by atoms with Gasteiger partial charge in [0.2, 0.25) is 11.8 Å². The van der Waals surface area contributed by atoms with Gasteiger partial charge in [-0.2, -0.15) is 0 Å². The lowest BCUT2D eigenvalue weighted by atomic mass is 10.1. The van der Waals surface area contributed by atoms with E-state index in [-0.39, 0.29) is 0 Å². The van der Waals surface area contributed by atoms with E-state index < -0.39 is 0 Å². The Labute approximate surface area is 201 Å². The highest BCUT2D eigenvalue weighted by atomic mass is 16.5. The molecule has 0 aliphatic heterocycles. The van der Waals surface area contributed by atoms with Crippen molar-refractivity contribution in [3.8, 4) is 34.4 Å². The van der Waals surface area contributed by atoms with Gasteiger partial charge in [0.25, 0.3) is 0 Å². The Morgan fingerprint density at radius 2 is 1.18 bits per heavy atom. The van der Waals surface area contributed by atoms with E-state index in [4.69, 9.17) is 13.9 Å². The third kappa shape index (κ3) is 6.95. The zero-order valence-electron chi connectivity index (χ0n) is 19.8. The van der Waals surface area contributed by atoms with Crippen LogP contribution < -0.4 is 9.47 Å². The van der Waals surface area contributed by atoms with Crippen molar-refractivity contribution < 1.29 is 13.9 Å². The van der Waals surface area contributed by atoms with E-state index in [1.807, 2.05) is 78.9 Å². The molecule has 3 aromatic carbocycles. The fourth-order valence-electron chi connectivity index (χ4n) is 3.66. The van der Waals surface area contributed by atoms with Gasteiger partial charge in [0.1, 0.15) is 18.1 Å². The zero-order valence-corrected chi connectivity index (χ0v) is 19.8. The van der Waals surface area contributed by atoms with E-state index in [0.29, 0.717) is 18.4 Å². The molecule has 5 nitrogen and oxygen atoms in total. The van der Waals surface area contributed by atoms with E-state index in [2.05, 4.69) is 17.1 Å². The van der Waals surface area contributed by atoms with Crippen molar-refractivity contribution in [3.05, 3.63) is 84.4 Å². The number of nitrogens with zero attached hydrogens (tertiary/aromatic N) is 2. The summed E-state index contributed by atoms with van der Waals surface area (Å²) in [6.07, 6.45) is 7.54.